The first kappa shape index (κ1) is 43.0. The summed E-state index contributed by atoms with van der Waals surface area (Å²) < 4.78 is 79.3. The zero-order valence-electron chi connectivity index (χ0n) is 32.2. The molecule has 2 heterocycles. The first-order valence-electron chi connectivity index (χ1n) is 18.4. The van der Waals surface area contributed by atoms with Crippen LogP contribution in [0.4, 0.5) is 20.2 Å². The SMILES string of the molecule is CC(C(=O)C(C)c1ccc(N2CCN(C(=O)c3cc(S(C)(=O)=O)ccc3Cl)CC2)c(F)c1)c1ccc(N2CCN(C(=O)c3cc(S(C)(=O)=O)ccc3Cl)CC2)c(F)c1. The molecule has 4 aromatic carbocycles. The van der Waals surface area contributed by atoms with Crippen molar-refractivity contribution >= 4 is 71.8 Å². The molecule has 0 aromatic heterocycles. The molecule has 308 valence electrons. The number of amides is 2. The van der Waals surface area contributed by atoms with Crippen LogP contribution < -0.4 is 9.80 Å². The highest BCUT2D eigenvalue weighted by atomic mass is 35.5. The molecule has 2 aliphatic heterocycles. The van der Waals surface area contributed by atoms with Crippen molar-refractivity contribution in [2.75, 3.05) is 74.7 Å². The van der Waals surface area contributed by atoms with Crippen LogP contribution in [0.3, 0.4) is 0 Å². The largest absolute Gasteiger partial charge is 0.366 e. The average molecular weight is 876 g/mol. The Labute approximate surface area is 347 Å². The van der Waals surface area contributed by atoms with E-state index in [0.29, 0.717) is 48.7 Å². The van der Waals surface area contributed by atoms with Gasteiger partial charge in [-0.05, 0) is 71.8 Å². The Bertz CT molecular complexity index is 2340. The minimum atomic E-state index is -3.55. The van der Waals surface area contributed by atoms with E-state index in [0.717, 1.165) is 12.5 Å². The van der Waals surface area contributed by atoms with Crippen LogP contribution in [0, 0.1) is 11.6 Å². The fraction of sp³-hybridized carbons (Fsp3) is 0.341. The number of hydrogen-bond acceptors (Lipinski definition) is 9. The topological polar surface area (TPSA) is 132 Å². The monoisotopic (exact) mass is 874 g/mol. The second-order valence-corrected chi connectivity index (χ2v) is 19.5. The van der Waals surface area contributed by atoms with E-state index >= 15 is 8.78 Å². The first-order valence-corrected chi connectivity index (χ1v) is 23.0. The molecule has 0 N–H and O–H groups in total. The Morgan fingerprint density at radius 3 is 1.21 bits per heavy atom. The highest BCUT2D eigenvalue weighted by molar-refractivity contribution is 7.91. The minimum absolute atomic E-state index is 0.0161. The third kappa shape index (κ3) is 9.17. The van der Waals surface area contributed by atoms with Gasteiger partial charge in [0.2, 0.25) is 0 Å². The van der Waals surface area contributed by atoms with E-state index in [1.54, 1.807) is 57.7 Å². The number of sulfone groups is 2. The summed E-state index contributed by atoms with van der Waals surface area (Å²) in [5.41, 5.74) is 1.70. The molecular weight excluding hydrogens is 834 g/mol. The first-order chi connectivity index (χ1) is 27.2. The van der Waals surface area contributed by atoms with Crippen molar-refractivity contribution in [1.29, 1.82) is 0 Å². The van der Waals surface area contributed by atoms with E-state index in [9.17, 15) is 31.2 Å². The van der Waals surface area contributed by atoms with E-state index in [2.05, 4.69) is 0 Å². The Hall–Kier alpha value is -4.57. The number of piperazine rings is 2. The van der Waals surface area contributed by atoms with Gasteiger partial charge in [0.1, 0.15) is 17.4 Å². The Balaban J connectivity index is 1.05. The number of benzene rings is 4. The number of carbonyl (C=O) groups excluding carboxylic acids is 3. The van der Waals surface area contributed by atoms with Crippen LogP contribution in [-0.2, 0) is 24.5 Å². The van der Waals surface area contributed by atoms with Gasteiger partial charge in [-0.1, -0.05) is 49.2 Å². The third-order valence-electron chi connectivity index (χ3n) is 10.8. The van der Waals surface area contributed by atoms with Gasteiger partial charge in [0.05, 0.1) is 42.3 Å². The van der Waals surface area contributed by atoms with Crippen molar-refractivity contribution in [3.8, 4) is 0 Å². The highest BCUT2D eigenvalue weighted by Crippen LogP contribution is 2.33. The summed E-state index contributed by atoms with van der Waals surface area (Å²) in [6, 6.07) is 17.2. The summed E-state index contributed by atoms with van der Waals surface area (Å²) in [5.74, 6) is -3.54. The summed E-state index contributed by atoms with van der Waals surface area (Å²) in [6.07, 6.45) is 2.10. The lowest BCUT2D eigenvalue weighted by Crippen LogP contribution is -2.49. The van der Waals surface area contributed by atoms with Gasteiger partial charge in [-0.3, -0.25) is 14.4 Å². The van der Waals surface area contributed by atoms with E-state index in [-0.39, 0.29) is 62.9 Å². The number of hydrogen-bond donors (Lipinski definition) is 0. The zero-order valence-corrected chi connectivity index (χ0v) is 35.4. The second kappa shape index (κ2) is 17.0. The molecule has 2 fully saturated rings. The summed E-state index contributed by atoms with van der Waals surface area (Å²) in [4.78, 5) is 46.8. The van der Waals surface area contributed by atoms with Crippen molar-refractivity contribution in [1.82, 2.24) is 9.80 Å². The third-order valence-corrected chi connectivity index (χ3v) is 13.7. The Kier molecular flexibility index (Phi) is 12.6. The Morgan fingerprint density at radius 1 is 0.552 bits per heavy atom. The molecule has 6 rings (SSSR count). The molecule has 0 aliphatic carbocycles. The standard InChI is InChI=1S/C41H42Cl2F2N4O7S2/c1-25(27-5-11-37(35(44)21-27)46-13-17-48(18-14-46)40(51)31-23-29(57(3,53)54)7-9-33(31)42)39(50)26(2)28-6-12-38(36(45)22-28)47-15-19-49(20-16-47)41(52)32-24-30(58(4,55)56)8-10-34(32)43/h5-12,21-26H,13-20H2,1-4H3. The molecule has 0 saturated carbocycles. The summed E-state index contributed by atoms with van der Waals surface area (Å²) in [5, 5.41) is 0.266. The summed E-state index contributed by atoms with van der Waals surface area (Å²) in [6.45, 7) is 5.58. The summed E-state index contributed by atoms with van der Waals surface area (Å²) >= 11 is 12.5. The zero-order chi connectivity index (χ0) is 42.3. The van der Waals surface area contributed by atoms with Crippen molar-refractivity contribution in [3.05, 3.63) is 117 Å². The molecular formula is C41H42Cl2F2N4O7S2. The van der Waals surface area contributed by atoms with Gasteiger partial charge >= 0.3 is 0 Å². The van der Waals surface area contributed by atoms with Crippen LogP contribution in [0.5, 0.6) is 0 Å². The lowest BCUT2D eigenvalue weighted by molar-refractivity contribution is -0.121. The molecule has 0 spiro atoms. The number of halogens is 4. The quantitative estimate of drug-likeness (QED) is 0.176. The number of ketones is 1. The predicted octanol–water partition coefficient (Wildman–Crippen LogP) is 6.48. The number of rotatable bonds is 10. The number of nitrogens with zero attached hydrogens (tertiary/aromatic N) is 4. The normalized spacial score (nSPS) is 16.3. The van der Waals surface area contributed by atoms with Crippen LogP contribution >= 0.6 is 23.2 Å². The minimum Gasteiger partial charge on any atom is -0.366 e. The van der Waals surface area contributed by atoms with E-state index in [4.69, 9.17) is 23.2 Å². The van der Waals surface area contributed by atoms with Gasteiger partial charge in [0.25, 0.3) is 11.8 Å². The van der Waals surface area contributed by atoms with Crippen molar-refractivity contribution < 1.29 is 40.0 Å². The van der Waals surface area contributed by atoms with Crippen LogP contribution in [0.2, 0.25) is 10.0 Å². The lowest BCUT2D eigenvalue weighted by Gasteiger charge is -2.36. The molecule has 2 atom stereocenters. The number of anilines is 2. The highest BCUT2D eigenvalue weighted by Gasteiger charge is 2.30. The van der Waals surface area contributed by atoms with Gasteiger partial charge in [-0.2, -0.15) is 0 Å². The number of Topliss-reactive ketones (excluding diaryl/α,β-unsaturated/α-hetero) is 1. The molecule has 11 nitrogen and oxygen atoms in total. The average Bonchev–Trinajstić information content (AvgIpc) is 3.19. The smallest absolute Gasteiger partial charge is 0.255 e. The van der Waals surface area contributed by atoms with Gasteiger partial charge < -0.3 is 19.6 Å². The van der Waals surface area contributed by atoms with E-state index < -0.39 is 55.0 Å². The van der Waals surface area contributed by atoms with Crippen molar-refractivity contribution in [2.45, 2.75) is 35.5 Å². The van der Waals surface area contributed by atoms with Crippen LogP contribution in [0.25, 0.3) is 0 Å². The molecule has 2 unspecified atom stereocenters. The molecule has 2 amide bonds. The van der Waals surface area contributed by atoms with Crippen LogP contribution in [0.15, 0.2) is 82.6 Å². The second-order valence-electron chi connectivity index (χ2n) is 14.7. The fourth-order valence-corrected chi connectivity index (χ4v) is 8.93. The van der Waals surface area contributed by atoms with E-state index in [1.807, 2.05) is 0 Å². The lowest BCUT2D eigenvalue weighted by atomic mass is 9.85. The molecule has 0 radical (unpaired) electrons. The molecule has 4 aromatic rings. The maximum atomic E-state index is 15.6. The summed E-state index contributed by atoms with van der Waals surface area (Å²) in [7, 11) is -7.10. The molecule has 58 heavy (non-hydrogen) atoms. The van der Waals surface area contributed by atoms with Crippen LogP contribution in [0.1, 0.15) is 57.5 Å². The molecule has 17 heteroatoms. The Morgan fingerprint density at radius 2 is 0.897 bits per heavy atom. The van der Waals surface area contributed by atoms with E-state index in [1.165, 1.54) is 48.5 Å². The van der Waals surface area contributed by atoms with Gasteiger partial charge in [-0.15, -0.1) is 0 Å². The molecule has 0 bridgehead atoms. The van der Waals surface area contributed by atoms with Gasteiger partial charge in [0, 0.05) is 76.7 Å². The maximum Gasteiger partial charge on any atom is 0.255 e. The maximum absolute atomic E-state index is 15.6. The predicted molar refractivity (Wildman–Crippen MR) is 220 cm³/mol. The van der Waals surface area contributed by atoms with Crippen molar-refractivity contribution in [2.24, 2.45) is 0 Å². The number of carbonyl (C=O) groups is 3. The van der Waals surface area contributed by atoms with Crippen molar-refractivity contribution in [3.63, 3.8) is 0 Å². The fourth-order valence-electron chi connectivity index (χ4n) is 7.24. The van der Waals surface area contributed by atoms with Crippen LogP contribution in [-0.4, -0.2) is 109 Å². The van der Waals surface area contributed by atoms with Gasteiger partial charge in [-0.25, -0.2) is 25.6 Å². The molecule has 2 aliphatic rings. The van der Waals surface area contributed by atoms with Gasteiger partial charge in [0.15, 0.2) is 19.7 Å². The molecule has 2 saturated heterocycles.